The van der Waals surface area contributed by atoms with Crippen LogP contribution in [0.15, 0.2) is 48.5 Å². The number of aryl methyl sites for hydroxylation is 2. The first kappa shape index (κ1) is 44.2. The van der Waals surface area contributed by atoms with Crippen LogP contribution < -0.4 is 20.5 Å². The maximum atomic E-state index is 12.9. The summed E-state index contributed by atoms with van der Waals surface area (Å²) in [4.78, 5) is 24.9. The number of benzene rings is 2. The van der Waals surface area contributed by atoms with Crippen molar-refractivity contribution in [2.24, 2.45) is 5.73 Å². The molecule has 0 fully saturated rings. The molecule has 2 aromatic carbocycles. The van der Waals surface area contributed by atoms with Crippen LogP contribution in [0.5, 0.6) is 11.5 Å². The van der Waals surface area contributed by atoms with Gasteiger partial charge in [0.25, 0.3) is 0 Å². The molecule has 0 aliphatic carbocycles. The number of amides is 1. The number of rotatable bonds is 26. The zero-order valence-corrected chi connectivity index (χ0v) is 31.7. The first-order chi connectivity index (χ1) is 23.0. The number of esters is 1. The number of nitrogens with one attached hydrogen (secondary N) is 1. The fourth-order valence-electron chi connectivity index (χ4n) is 5.66. The molecule has 0 aliphatic heterocycles. The SMILES string of the molecule is CCCCCCCOc1cccc(CCC(C)(COC(=O)CC(O)C(C)(N)CCc2cccc(OCCCCCCC)c2)NC(C)=O)c1.Cl. The topological polar surface area (TPSA) is 120 Å². The van der Waals surface area contributed by atoms with Crippen LogP contribution in [0.2, 0.25) is 0 Å². The molecule has 0 radical (unpaired) electrons. The van der Waals surface area contributed by atoms with Crippen molar-refractivity contribution >= 4 is 24.3 Å². The Kier molecular flexibility index (Phi) is 22.0. The minimum Gasteiger partial charge on any atom is -0.494 e. The second kappa shape index (κ2) is 24.4. The quantitative estimate of drug-likeness (QED) is 0.0666. The molecule has 49 heavy (non-hydrogen) atoms. The predicted octanol–water partition coefficient (Wildman–Crippen LogP) is 8.28. The van der Waals surface area contributed by atoms with Crippen molar-refractivity contribution in [3.05, 3.63) is 59.7 Å². The molecular formula is C40H65ClN2O6. The van der Waals surface area contributed by atoms with E-state index >= 15 is 0 Å². The Balaban J connectivity index is 0.0000120. The highest BCUT2D eigenvalue weighted by molar-refractivity contribution is 5.85. The van der Waals surface area contributed by atoms with E-state index in [1.54, 1.807) is 6.92 Å². The first-order valence-electron chi connectivity index (χ1n) is 18.3. The molecule has 278 valence electrons. The molecule has 0 heterocycles. The standard InChI is InChI=1S/C40H64N2O6.ClH/c1-6-8-10-12-14-26-46-35-20-16-18-33(28-35)22-24-39(4,42-32(3)43)31-48-38(45)30-37(44)40(5,41)25-23-34-19-17-21-36(29-34)47-27-15-13-11-9-7-2;/h16-21,28-29,37,44H,6-15,22-27,30-31,41H2,1-5H3,(H,42,43);1H. The van der Waals surface area contributed by atoms with Gasteiger partial charge < -0.3 is 30.4 Å². The lowest BCUT2D eigenvalue weighted by atomic mass is 9.87. The summed E-state index contributed by atoms with van der Waals surface area (Å²) in [6.07, 6.45) is 12.9. The van der Waals surface area contributed by atoms with Crippen molar-refractivity contribution in [3.63, 3.8) is 0 Å². The van der Waals surface area contributed by atoms with E-state index in [9.17, 15) is 14.7 Å². The molecular weight excluding hydrogens is 640 g/mol. The van der Waals surface area contributed by atoms with Crippen LogP contribution in [0.25, 0.3) is 0 Å². The lowest BCUT2D eigenvalue weighted by molar-refractivity contribution is -0.150. The van der Waals surface area contributed by atoms with Crippen LogP contribution in [0.4, 0.5) is 0 Å². The Hall–Kier alpha value is -2.81. The Labute approximate surface area is 302 Å². The van der Waals surface area contributed by atoms with E-state index in [0.717, 1.165) is 35.5 Å². The third-order valence-corrected chi connectivity index (χ3v) is 8.90. The molecule has 2 rings (SSSR count). The van der Waals surface area contributed by atoms with E-state index in [1.165, 1.54) is 58.3 Å². The number of carbonyl (C=O) groups is 2. The van der Waals surface area contributed by atoms with Gasteiger partial charge in [-0.15, -0.1) is 12.4 Å². The number of carbonyl (C=O) groups excluding carboxylic acids is 2. The highest BCUT2D eigenvalue weighted by Gasteiger charge is 2.32. The molecule has 3 unspecified atom stereocenters. The lowest BCUT2D eigenvalue weighted by Crippen LogP contribution is -2.51. The molecule has 0 spiro atoms. The van der Waals surface area contributed by atoms with Gasteiger partial charge in [0.2, 0.25) is 5.91 Å². The summed E-state index contributed by atoms with van der Waals surface area (Å²) in [5.74, 6) is 0.912. The zero-order valence-electron chi connectivity index (χ0n) is 30.9. The normalized spacial score (nSPS) is 14.1. The summed E-state index contributed by atoms with van der Waals surface area (Å²) in [6, 6.07) is 16.0. The Bertz CT molecular complexity index is 1210. The maximum Gasteiger partial charge on any atom is 0.308 e. The van der Waals surface area contributed by atoms with Gasteiger partial charge in [-0.05, 0) is 87.8 Å². The molecule has 0 saturated carbocycles. The van der Waals surface area contributed by atoms with E-state index in [2.05, 4.69) is 19.2 Å². The average molecular weight is 705 g/mol. The molecule has 1 amide bonds. The van der Waals surface area contributed by atoms with Gasteiger partial charge in [-0.1, -0.05) is 89.5 Å². The van der Waals surface area contributed by atoms with Crippen molar-refractivity contribution in [2.45, 2.75) is 148 Å². The fourth-order valence-corrected chi connectivity index (χ4v) is 5.66. The molecule has 0 saturated heterocycles. The molecule has 2 aromatic rings. The number of aliphatic hydroxyl groups is 1. The predicted molar refractivity (Wildman–Crippen MR) is 202 cm³/mol. The molecule has 9 heteroatoms. The van der Waals surface area contributed by atoms with Gasteiger partial charge in [0.05, 0.1) is 31.3 Å². The van der Waals surface area contributed by atoms with Crippen LogP contribution in [0, 0.1) is 0 Å². The van der Waals surface area contributed by atoms with Crippen LogP contribution in [-0.4, -0.2) is 54.0 Å². The van der Waals surface area contributed by atoms with Gasteiger partial charge in [-0.2, -0.15) is 0 Å². The van der Waals surface area contributed by atoms with Crippen LogP contribution >= 0.6 is 12.4 Å². The van der Waals surface area contributed by atoms with Gasteiger partial charge in [0, 0.05) is 12.5 Å². The fraction of sp³-hybridized carbons (Fsp3) is 0.650. The number of ether oxygens (including phenoxy) is 3. The summed E-state index contributed by atoms with van der Waals surface area (Å²) in [6.45, 7) is 10.9. The van der Waals surface area contributed by atoms with Crippen molar-refractivity contribution < 1.29 is 28.9 Å². The Morgan fingerprint density at radius 3 is 1.78 bits per heavy atom. The number of hydrogen-bond acceptors (Lipinski definition) is 7. The summed E-state index contributed by atoms with van der Waals surface area (Å²) < 4.78 is 17.5. The smallest absolute Gasteiger partial charge is 0.308 e. The van der Waals surface area contributed by atoms with Gasteiger partial charge in [0.15, 0.2) is 0 Å². The number of halogens is 1. The van der Waals surface area contributed by atoms with Crippen LogP contribution in [0.1, 0.15) is 129 Å². The summed E-state index contributed by atoms with van der Waals surface area (Å²) in [5, 5.41) is 13.9. The second-order valence-electron chi connectivity index (χ2n) is 13.9. The maximum absolute atomic E-state index is 12.9. The van der Waals surface area contributed by atoms with E-state index in [1.807, 2.05) is 55.5 Å². The van der Waals surface area contributed by atoms with Gasteiger partial charge in [-0.25, -0.2) is 0 Å². The summed E-state index contributed by atoms with van der Waals surface area (Å²) in [5.41, 5.74) is 6.87. The highest BCUT2D eigenvalue weighted by Crippen LogP contribution is 2.23. The minimum absolute atomic E-state index is 0. The Morgan fingerprint density at radius 1 is 0.796 bits per heavy atom. The second-order valence-corrected chi connectivity index (χ2v) is 13.9. The number of nitrogens with two attached hydrogens (primary N) is 1. The highest BCUT2D eigenvalue weighted by atomic mass is 35.5. The van der Waals surface area contributed by atoms with E-state index in [-0.39, 0.29) is 31.3 Å². The molecule has 0 bridgehead atoms. The van der Waals surface area contributed by atoms with Gasteiger partial charge in [0.1, 0.15) is 18.1 Å². The van der Waals surface area contributed by atoms with E-state index in [4.69, 9.17) is 19.9 Å². The number of unbranched alkanes of at least 4 members (excludes halogenated alkanes) is 8. The third-order valence-electron chi connectivity index (χ3n) is 8.90. The lowest BCUT2D eigenvalue weighted by Gasteiger charge is -2.32. The largest absolute Gasteiger partial charge is 0.494 e. The number of aliphatic hydroxyl groups excluding tert-OH is 1. The molecule has 3 atom stereocenters. The third kappa shape index (κ3) is 19.2. The van der Waals surface area contributed by atoms with Crippen molar-refractivity contribution in [3.8, 4) is 11.5 Å². The Morgan fingerprint density at radius 2 is 1.29 bits per heavy atom. The van der Waals surface area contributed by atoms with Gasteiger partial charge in [-0.3, -0.25) is 9.59 Å². The van der Waals surface area contributed by atoms with Gasteiger partial charge >= 0.3 is 5.97 Å². The van der Waals surface area contributed by atoms with Crippen molar-refractivity contribution in [2.75, 3.05) is 19.8 Å². The summed E-state index contributed by atoms with van der Waals surface area (Å²) >= 11 is 0. The average Bonchev–Trinajstić information content (AvgIpc) is 3.05. The molecule has 8 nitrogen and oxygen atoms in total. The van der Waals surface area contributed by atoms with Crippen molar-refractivity contribution in [1.29, 1.82) is 0 Å². The molecule has 4 N–H and O–H groups in total. The number of hydrogen-bond donors (Lipinski definition) is 3. The van der Waals surface area contributed by atoms with Crippen LogP contribution in [0.3, 0.4) is 0 Å². The molecule has 0 aliphatic rings. The zero-order chi connectivity index (χ0) is 35.3. The molecule has 0 aromatic heterocycles. The first-order valence-corrected chi connectivity index (χ1v) is 18.3. The summed E-state index contributed by atoms with van der Waals surface area (Å²) in [7, 11) is 0. The minimum atomic E-state index is -1.09. The van der Waals surface area contributed by atoms with Crippen molar-refractivity contribution in [1.82, 2.24) is 5.32 Å². The monoisotopic (exact) mass is 704 g/mol. The van der Waals surface area contributed by atoms with E-state index < -0.39 is 23.2 Å². The van der Waals surface area contributed by atoms with Crippen LogP contribution in [-0.2, 0) is 27.2 Å². The van der Waals surface area contributed by atoms with E-state index in [0.29, 0.717) is 38.9 Å².